The number of aryl methyl sites for hydroxylation is 1. The van der Waals surface area contributed by atoms with Crippen molar-refractivity contribution >= 4 is 16.8 Å². The molecule has 0 aliphatic rings. The number of nitrogens with one attached hydrogen (secondary N) is 2. The molecule has 0 bridgehead atoms. The van der Waals surface area contributed by atoms with E-state index in [9.17, 15) is 4.79 Å². The molecule has 0 spiro atoms. The van der Waals surface area contributed by atoms with E-state index in [1.165, 1.54) is 0 Å². The molecule has 2 aromatic heterocycles. The number of amides is 1. The molecule has 4 aromatic rings. The van der Waals surface area contributed by atoms with Gasteiger partial charge in [-0.3, -0.25) is 14.9 Å². The molecule has 1 atom stereocenters. The summed E-state index contributed by atoms with van der Waals surface area (Å²) < 4.78 is 5.75. The molecular formula is C22H20N4O2. The zero-order valence-corrected chi connectivity index (χ0v) is 15.6. The number of pyridine rings is 1. The van der Waals surface area contributed by atoms with Gasteiger partial charge in [-0.15, -0.1) is 0 Å². The van der Waals surface area contributed by atoms with Crippen molar-refractivity contribution in [2.45, 2.75) is 19.9 Å². The molecule has 4 rings (SSSR count). The summed E-state index contributed by atoms with van der Waals surface area (Å²) in [5.74, 6) is 1.28. The van der Waals surface area contributed by atoms with Crippen LogP contribution in [-0.2, 0) is 0 Å². The second kappa shape index (κ2) is 7.52. The van der Waals surface area contributed by atoms with Crippen molar-refractivity contribution in [2.24, 2.45) is 0 Å². The van der Waals surface area contributed by atoms with Crippen LogP contribution in [0.3, 0.4) is 0 Å². The third kappa shape index (κ3) is 3.71. The van der Waals surface area contributed by atoms with Gasteiger partial charge in [0.05, 0.1) is 17.8 Å². The molecule has 6 heteroatoms. The van der Waals surface area contributed by atoms with E-state index in [4.69, 9.17) is 4.74 Å². The number of hydrogen-bond donors (Lipinski definition) is 2. The molecule has 140 valence electrons. The maximum atomic E-state index is 12.6. The number of fused-ring (bicyclic) bond motifs is 1. The first-order valence-electron chi connectivity index (χ1n) is 9.03. The van der Waals surface area contributed by atoms with Crippen LogP contribution in [0.4, 0.5) is 0 Å². The summed E-state index contributed by atoms with van der Waals surface area (Å²) in [5, 5.41) is 11.1. The number of nitrogens with zero attached hydrogens (tertiary/aromatic N) is 2. The van der Waals surface area contributed by atoms with Crippen LogP contribution < -0.4 is 10.1 Å². The monoisotopic (exact) mass is 372 g/mol. The second-order valence-corrected chi connectivity index (χ2v) is 6.64. The van der Waals surface area contributed by atoms with Crippen LogP contribution >= 0.6 is 0 Å². The van der Waals surface area contributed by atoms with Gasteiger partial charge in [0.1, 0.15) is 11.5 Å². The minimum absolute atomic E-state index is 0.120. The van der Waals surface area contributed by atoms with Gasteiger partial charge in [-0.1, -0.05) is 12.1 Å². The normalized spacial score (nSPS) is 11.9. The van der Waals surface area contributed by atoms with Crippen molar-refractivity contribution in [3.8, 4) is 11.5 Å². The van der Waals surface area contributed by atoms with Crippen LogP contribution in [-0.4, -0.2) is 21.1 Å². The van der Waals surface area contributed by atoms with E-state index in [2.05, 4.69) is 20.5 Å². The van der Waals surface area contributed by atoms with Gasteiger partial charge in [-0.05, 0) is 61.9 Å². The summed E-state index contributed by atoms with van der Waals surface area (Å²) in [6, 6.07) is 16.7. The minimum atomic E-state index is -0.138. The Balaban J connectivity index is 1.44. The first-order valence-corrected chi connectivity index (χ1v) is 9.03. The number of carbonyl (C=O) groups is 1. The van der Waals surface area contributed by atoms with Gasteiger partial charge in [0.25, 0.3) is 5.91 Å². The fourth-order valence-corrected chi connectivity index (χ4v) is 3.01. The highest BCUT2D eigenvalue weighted by Gasteiger charge is 2.13. The number of aromatic amines is 1. The van der Waals surface area contributed by atoms with Gasteiger partial charge < -0.3 is 10.1 Å². The van der Waals surface area contributed by atoms with E-state index in [1.807, 2.05) is 62.4 Å². The number of benzene rings is 2. The molecule has 2 heterocycles. The fourth-order valence-electron chi connectivity index (χ4n) is 3.01. The summed E-state index contributed by atoms with van der Waals surface area (Å²) >= 11 is 0. The predicted molar refractivity (Wildman–Crippen MR) is 107 cm³/mol. The van der Waals surface area contributed by atoms with Crippen molar-refractivity contribution in [3.63, 3.8) is 0 Å². The first kappa shape index (κ1) is 17.7. The number of H-pyrrole nitrogens is 1. The molecule has 0 saturated heterocycles. The summed E-state index contributed by atoms with van der Waals surface area (Å²) in [7, 11) is 0. The standard InChI is InChI=1S/C22H20N4O2/c1-14(16-5-8-18(9-6-16)28-19-4-3-11-23-13-19)24-22(27)17-7-10-21-20(12-17)15(2)25-26-21/h3-14H,1-2H3,(H,24,27)(H,25,26). The summed E-state index contributed by atoms with van der Waals surface area (Å²) in [6.07, 6.45) is 3.36. The highest BCUT2D eigenvalue weighted by atomic mass is 16.5. The average molecular weight is 372 g/mol. The van der Waals surface area contributed by atoms with Crippen LogP contribution in [0.2, 0.25) is 0 Å². The number of ether oxygens (including phenoxy) is 1. The van der Waals surface area contributed by atoms with E-state index >= 15 is 0 Å². The molecule has 0 fully saturated rings. The molecule has 2 N–H and O–H groups in total. The molecular weight excluding hydrogens is 352 g/mol. The summed E-state index contributed by atoms with van der Waals surface area (Å²) in [6.45, 7) is 3.89. The van der Waals surface area contributed by atoms with E-state index < -0.39 is 0 Å². The molecule has 6 nitrogen and oxygen atoms in total. The Bertz CT molecular complexity index is 1100. The third-order valence-electron chi connectivity index (χ3n) is 4.60. The maximum Gasteiger partial charge on any atom is 0.251 e. The Morgan fingerprint density at radius 2 is 1.93 bits per heavy atom. The Morgan fingerprint density at radius 3 is 2.68 bits per heavy atom. The van der Waals surface area contributed by atoms with Crippen LogP contribution in [0, 0.1) is 6.92 Å². The topological polar surface area (TPSA) is 79.9 Å². The van der Waals surface area contributed by atoms with Crippen molar-refractivity contribution in [3.05, 3.63) is 83.8 Å². The average Bonchev–Trinajstić information content (AvgIpc) is 3.09. The zero-order chi connectivity index (χ0) is 19.5. The van der Waals surface area contributed by atoms with Crippen LogP contribution in [0.1, 0.15) is 34.6 Å². The second-order valence-electron chi connectivity index (χ2n) is 6.64. The fraction of sp³-hybridized carbons (Fsp3) is 0.136. The number of hydrogen-bond acceptors (Lipinski definition) is 4. The Kier molecular flexibility index (Phi) is 4.76. The van der Waals surface area contributed by atoms with E-state index in [0.717, 1.165) is 27.9 Å². The lowest BCUT2D eigenvalue weighted by atomic mass is 10.1. The zero-order valence-electron chi connectivity index (χ0n) is 15.6. The molecule has 0 aliphatic carbocycles. The largest absolute Gasteiger partial charge is 0.456 e. The summed E-state index contributed by atoms with van der Waals surface area (Å²) in [5.41, 5.74) is 3.40. The van der Waals surface area contributed by atoms with E-state index in [0.29, 0.717) is 11.3 Å². The Labute approximate surface area is 162 Å². The highest BCUT2D eigenvalue weighted by molar-refractivity contribution is 5.98. The minimum Gasteiger partial charge on any atom is -0.456 e. The molecule has 28 heavy (non-hydrogen) atoms. The molecule has 0 radical (unpaired) electrons. The number of aromatic nitrogens is 3. The van der Waals surface area contributed by atoms with Crippen molar-refractivity contribution in [1.29, 1.82) is 0 Å². The number of carbonyl (C=O) groups excluding carboxylic acids is 1. The van der Waals surface area contributed by atoms with Gasteiger partial charge >= 0.3 is 0 Å². The summed E-state index contributed by atoms with van der Waals surface area (Å²) in [4.78, 5) is 16.7. The molecule has 1 amide bonds. The first-order chi connectivity index (χ1) is 13.6. The molecule has 2 aromatic carbocycles. The predicted octanol–water partition coefficient (Wildman–Crippen LogP) is 4.55. The smallest absolute Gasteiger partial charge is 0.251 e. The SMILES string of the molecule is Cc1[nH]nc2ccc(C(=O)NC(C)c3ccc(Oc4cccnc4)cc3)cc12. The molecule has 1 unspecified atom stereocenters. The van der Waals surface area contributed by atoms with Crippen molar-refractivity contribution < 1.29 is 9.53 Å². The lowest BCUT2D eigenvalue weighted by Crippen LogP contribution is -2.26. The lowest BCUT2D eigenvalue weighted by molar-refractivity contribution is 0.0940. The van der Waals surface area contributed by atoms with E-state index in [1.54, 1.807) is 18.5 Å². The van der Waals surface area contributed by atoms with Gasteiger partial charge in [0, 0.05) is 22.8 Å². The Morgan fingerprint density at radius 1 is 1.11 bits per heavy atom. The van der Waals surface area contributed by atoms with Gasteiger partial charge in [0.2, 0.25) is 0 Å². The Hall–Kier alpha value is -3.67. The third-order valence-corrected chi connectivity index (χ3v) is 4.60. The van der Waals surface area contributed by atoms with Gasteiger partial charge in [0.15, 0.2) is 0 Å². The van der Waals surface area contributed by atoms with Gasteiger partial charge in [-0.2, -0.15) is 5.10 Å². The number of rotatable bonds is 5. The van der Waals surface area contributed by atoms with Crippen LogP contribution in [0.5, 0.6) is 11.5 Å². The molecule has 0 aliphatic heterocycles. The van der Waals surface area contributed by atoms with E-state index in [-0.39, 0.29) is 11.9 Å². The molecule has 0 saturated carbocycles. The van der Waals surface area contributed by atoms with Crippen LogP contribution in [0.25, 0.3) is 10.9 Å². The maximum absolute atomic E-state index is 12.6. The highest BCUT2D eigenvalue weighted by Crippen LogP contribution is 2.23. The van der Waals surface area contributed by atoms with Crippen LogP contribution in [0.15, 0.2) is 67.0 Å². The van der Waals surface area contributed by atoms with Gasteiger partial charge in [-0.25, -0.2) is 0 Å². The lowest BCUT2D eigenvalue weighted by Gasteiger charge is -2.15. The van der Waals surface area contributed by atoms with Crippen molar-refractivity contribution in [2.75, 3.05) is 0 Å². The quantitative estimate of drug-likeness (QED) is 0.539. The van der Waals surface area contributed by atoms with Crippen molar-refractivity contribution in [1.82, 2.24) is 20.5 Å².